The summed E-state index contributed by atoms with van der Waals surface area (Å²) in [6.45, 7) is 4.02. The van der Waals surface area contributed by atoms with Crippen LogP contribution in [-0.2, 0) is 4.79 Å². The molecular formula is C17H15BrN4O. The van der Waals surface area contributed by atoms with E-state index in [2.05, 4.69) is 38.2 Å². The predicted octanol–water partition coefficient (Wildman–Crippen LogP) is 1.64. The summed E-state index contributed by atoms with van der Waals surface area (Å²) in [4.78, 5) is 15.7. The summed E-state index contributed by atoms with van der Waals surface area (Å²) in [5, 5.41) is 7.07. The second-order valence-electron chi connectivity index (χ2n) is 4.99. The van der Waals surface area contributed by atoms with Crippen LogP contribution in [0.1, 0.15) is 0 Å². The van der Waals surface area contributed by atoms with Crippen LogP contribution in [0.5, 0.6) is 0 Å². The van der Waals surface area contributed by atoms with E-state index in [1.165, 1.54) is 6.08 Å². The number of nitrogens with one attached hydrogen (secondary N) is 2. The lowest BCUT2D eigenvalue weighted by molar-refractivity contribution is -0.119. The largest absolute Gasteiger partial charge is 0.354 e. The summed E-state index contributed by atoms with van der Waals surface area (Å²) in [5.74, 6) is -0.241. The minimum absolute atomic E-state index is 0.241. The molecule has 23 heavy (non-hydrogen) atoms. The van der Waals surface area contributed by atoms with Crippen molar-refractivity contribution in [3.05, 3.63) is 64.2 Å². The third-order valence-corrected chi connectivity index (χ3v) is 3.84. The van der Waals surface area contributed by atoms with Gasteiger partial charge in [0.2, 0.25) is 0 Å². The molecule has 2 aromatic rings. The quantitative estimate of drug-likeness (QED) is 0.803. The van der Waals surface area contributed by atoms with E-state index < -0.39 is 0 Å². The van der Waals surface area contributed by atoms with Gasteiger partial charge in [-0.25, -0.2) is 0 Å². The molecule has 1 aliphatic rings. The van der Waals surface area contributed by atoms with Crippen molar-refractivity contribution in [1.82, 2.24) is 15.4 Å². The Hall–Kier alpha value is -2.60. The number of pyridine rings is 1. The molecule has 1 aliphatic heterocycles. The van der Waals surface area contributed by atoms with E-state index in [9.17, 15) is 4.79 Å². The number of halogens is 1. The van der Waals surface area contributed by atoms with Crippen LogP contribution < -0.4 is 21.2 Å². The molecule has 2 heterocycles. The molecule has 0 spiro atoms. The molecule has 1 amide bonds. The number of carbonyl (C=O) groups is 1. The van der Waals surface area contributed by atoms with Crippen LogP contribution >= 0.6 is 15.9 Å². The number of hydrazine groups is 1. The van der Waals surface area contributed by atoms with Crippen molar-refractivity contribution < 1.29 is 4.79 Å². The van der Waals surface area contributed by atoms with E-state index in [4.69, 9.17) is 0 Å². The fraction of sp³-hybridized carbons (Fsp3) is 0.0588. The number of amides is 1. The second kappa shape index (κ2) is 6.66. The van der Waals surface area contributed by atoms with E-state index in [-0.39, 0.29) is 5.91 Å². The Morgan fingerprint density at radius 2 is 2.26 bits per heavy atom. The van der Waals surface area contributed by atoms with Crippen molar-refractivity contribution in [2.75, 3.05) is 11.9 Å². The van der Waals surface area contributed by atoms with Gasteiger partial charge in [0.1, 0.15) is 0 Å². The fourth-order valence-corrected chi connectivity index (χ4v) is 2.71. The van der Waals surface area contributed by atoms with Gasteiger partial charge in [-0.1, -0.05) is 34.7 Å². The zero-order valence-electron chi connectivity index (χ0n) is 12.3. The van der Waals surface area contributed by atoms with Crippen LogP contribution in [0, 0.1) is 0 Å². The zero-order valence-corrected chi connectivity index (χ0v) is 13.9. The molecule has 1 aromatic carbocycles. The molecule has 0 atom stereocenters. The monoisotopic (exact) mass is 370 g/mol. The lowest BCUT2D eigenvalue weighted by atomic mass is 10.2. The van der Waals surface area contributed by atoms with Crippen molar-refractivity contribution in [3.8, 4) is 0 Å². The number of fused-ring (bicyclic) bond motifs is 1. The molecule has 1 aromatic heterocycles. The number of rotatable bonds is 4. The molecule has 0 unspecified atom stereocenters. The standard InChI is InChI=1S/C17H15BrN4O/c1-2-17(23)21-22-7-6-15-12(11-22)9-19-10-16(15)20-14-5-3-4-13(18)8-14/h2-6,8-11,20H,1,7H2,(H,21,23). The number of benzene rings is 1. The van der Waals surface area contributed by atoms with Crippen molar-refractivity contribution in [2.24, 2.45) is 0 Å². The topological polar surface area (TPSA) is 57.3 Å². The predicted molar refractivity (Wildman–Crippen MR) is 94.9 cm³/mol. The highest BCUT2D eigenvalue weighted by molar-refractivity contribution is 9.10. The molecule has 0 aliphatic carbocycles. The molecular weight excluding hydrogens is 356 g/mol. The van der Waals surface area contributed by atoms with Gasteiger partial charge in [-0.2, -0.15) is 0 Å². The number of hydrogen-bond donors (Lipinski definition) is 2. The molecule has 0 saturated carbocycles. The summed E-state index contributed by atoms with van der Waals surface area (Å²) in [6, 6.07) is 7.94. The molecule has 0 fully saturated rings. The zero-order chi connectivity index (χ0) is 16.2. The maximum atomic E-state index is 11.4. The Balaban J connectivity index is 1.91. The lowest BCUT2D eigenvalue weighted by Crippen LogP contribution is -2.44. The van der Waals surface area contributed by atoms with E-state index in [1.54, 1.807) is 17.4 Å². The summed E-state index contributed by atoms with van der Waals surface area (Å²) < 4.78 is 1.01. The minimum Gasteiger partial charge on any atom is -0.354 e. The van der Waals surface area contributed by atoms with Crippen LogP contribution in [0.4, 0.5) is 11.4 Å². The van der Waals surface area contributed by atoms with Crippen LogP contribution in [0.3, 0.4) is 0 Å². The van der Waals surface area contributed by atoms with Crippen molar-refractivity contribution in [1.29, 1.82) is 0 Å². The van der Waals surface area contributed by atoms with E-state index in [0.717, 1.165) is 26.3 Å². The maximum Gasteiger partial charge on any atom is 0.261 e. The summed E-state index contributed by atoms with van der Waals surface area (Å²) >= 11 is 3.46. The first kappa shape index (κ1) is 15.3. The van der Waals surface area contributed by atoms with Crippen LogP contribution in [0.15, 0.2) is 53.8 Å². The van der Waals surface area contributed by atoms with Gasteiger partial charge in [-0.05, 0) is 24.3 Å². The number of carbonyl (C=O) groups excluding carboxylic acids is 1. The van der Waals surface area contributed by atoms with E-state index >= 15 is 0 Å². The summed E-state index contributed by atoms with van der Waals surface area (Å²) in [7, 11) is 0. The Bertz CT molecular complexity index is 878. The Labute approximate surface area is 142 Å². The molecule has 6 heteroatoms. The molecule has 0 radical (unpaired) electrons. The van der Waals surface area contributed by atoms with Gasteiger partial charge in [0, 0.05) is 33.0 Å². The smallest absolute Gasteiger partial charge is 0.261 e. The van der Waals surface area contributed by atoms with Gasteiger partial charge in [-0.15, -0.1) is 0 Å². The first-order valence-corrected chi connectivity index (χ1v) is 7.83. The van der Waals surface area contributed by atoms with E-state index in [1.807, 2.05) is 36.5 Å². The van der Waals surface area contributed by atoms with E-state index in [0.29, 0.717) is 6.54 Å². The normalized spacial score (nSPS) is 12.5. The minimum atomic E-state index is -0.241. The third kappa shape index (κ3) is 3.60. The van der Waals surface area contributed by atoms with Gasteiger partial charge in [-0.3, -0.25) is 20.2 Å². The lowest BCUT2D eigenvalue weighted by Gasteiger charge is -2.21. The van der Waals surface area contributed by atoms with Crippen molar-refractivity contribution >= 4 is 45.5 Å². The average Bonchev–Trinajstić information content (AvgIpc) is 2.55. The highest BCUT2D eigenvalue weighted by Gasteiger charge is 2.08. The third-order valence-electron chi connectivity index (χ3n) is 3.35. The van der Waals surface area contributed by atoms with Gasteiger partial charge in [0.25, 0.3) is 5.91 Å². The van der Waals surface area contributed by atoms with Gasteiger partial charge in [0.15, 0.2) is 0 Å². The Morgan fingerprint density at radius 3 is 3.04 bits per heavy atom. The SMILES string of the molecule is C=CC(=O)NN1C=c2cncc(Nc3cccc(Br)c3)c2=CC1. The molecule has 2 N–H and O–H groups in total. The number of anilines is 2. The van der Waals surface area contributed by atoms with Gasteiger partial charge < -0.3 is 5.32 Å². The summed E-state index contributed by atoms with van der Waals surface area (Å²) in [6.07, 6.45) is 8.70. The Morgan fingerprint density at radius 1 is 1.39 bits per heavy atom. The maximum absolute atomic E-state index is 11.4. The second-order valence-corrected chi connectivity index (χ2v) is 5.91. The molecule has 3 rings (SSSR count). The molecule has 5 nitrogen and oxygen atoms in total. The molecule has 0 bridgehead atoms. The number of hydrogen-bond acceptors (Lipinski definition) is 4. The van der Waals surface area contributed by atoms with Crippen LogP contribution in [-0.4, -0.2) is 22.4 Å². The van der Waals surface area contributed by atoms with Crippen LogP contribution in [0.2, 0.25) is 0 Å². The summed E-state index contributed by atoms with van der Waals surface area (Å²) in [5.41, 5.74) is 4.62. The molecule has 0 saturated heterocycles. The first-order chi connectivity index (χ1) is 11.2. The van der Waals surface area contributed by atoms with Gasteiger partial charge >= 0.3 is 0 Å². The highest BCUT2D eigenvalue weighted by atomic mass is 79.9. The molecule has 116 valence electrons. The Kier molecular flexibility index (Phi) is 4.43. The van der Waals surface area contributed by atoms with Crippen molar-refractivity contribution in [2.45, 2.75) is 0 Å². The average molecular weight is 371 g/mol. The number of nitrogens with zero attached hydrogens (tertiary/aromatic N) is 2. The van der Waals surface area contributed by atoms with Crippen LogP contribution in [0.25, 0.3) is 12.3 Å². The number of aromatic nitrogens is 1. The fourth-order valence-electron chi connectivity index (χ4n) is 2.31. The van der Waals surface area contributed by atoms with Crippen molar-refractivity contribution in [3.63, 3.8) is 0 Å². The first-order valence-electron chi connectivity index (χ1n) is 7.04. The highest BCUT2D eigenvalue weighted by Crippen LogP contribution is 2.18. The van der Waals surface area contributed by atoms with Gasteiger partial charge in [0.05, 0.1) is 18.4 Å².